The van der Waals surface area contributed by atoms with Crippen LogP contribution in [0.3, 0.4) is 0 Å². The van der Waals surface area contributed by atoms with E-state index in [0.29, 0.717) is 19.7 Å². The Kier molecular flexibility index (Phi) is 6.33. The number of esters is 1. The molecule has 1 fully saturated rings. The summed E-state index contributed by atoms with van der Waals surface area (Å²) in [6.45, 7) is 3.17. The van der Waals surface area contributed by atoms with Crippen molar-refractivity contribution >= 4 is 21.9 Å². The van der Waals surface area contributed by atoms with Gasteiger partial charge in [-0.3, -0.25) is 9.59 Å². The predicted molar refractivity (Wildman–Crippen MR) is 88.0 cm³/mol. The summed E-state index contributed by atoms with van der Waals surface area (Å²) >= 11 is 0. The first-order valence-electron chi connectivity index (χ1n) is 7.99. The molecule has 24 heavy (non-hydrogen) atoms. The highest BCUT2D eigenvalue weighted by atomic mass is 32.2. The fourth-order valence-corrected chi connectivity index (χ4v) is 4.05. The van der Waals surface area contributed by atoms with Gasteiger partial charge in [0.25, 0.3) is 5.91 Å². The molecule has 8 heteroatoms. The van der Waals surface area contributed by atoms with E-state index in [0.717, 1.165) is 12.8 Å². The van der Waals surface area contributed by atoms with E-state index in [1.165, 1.54) is 16.4 Å². The van der Waals surface area contributed by atoms with Crippen LogP contribution in [0.1, 0.15) is 36.5 Å². The lowest BCUT2D eigenvalue weighted by Gasteiger charge is -2.16. The number of amides is 1. The molecule has 0 spiro atoms. The van der Waals surface area contributed by atoms with E-state index in [2.05, 4.69) is 5.32 Å². The molecule has 0 atom stereocenters. The molecular formula is C16H22N2O5S. The van der Waals surface area contributed by atoms with E-state index >= 15 is 0 Å². The monoisotopic (exact) mass is 354 g/mol. The highest BCUT2D eigenvalue weighted by Gasteiger charge is 2.27. The summed E-state index contributed by atoms with van der Waals surface area (Å²) in [7, 11) is -3.56. The van der Waals surface area contributed by atoms with Crippen molar-refractivity contribution in [1.29, 1.82) is 0 Å². The zero-order valence-electron chi connectivity index (χ0n) is 13.7. The van der Waals surface area contributed by atoms with Crippen LogP contribution in [-0.2, 0) is 19.6 Å². The van der Waals surface area contributed by atoms with Gasteiger partial charge in [0.05, 0.1) is 17.9 Å². The third kappa shape index (κ3) is 4.55. The number of hydrogen-bond acceptors (Lipinski definition) is 5. The Balaban J connectivity index is 2.01. The van der Waals surface area contributed by atoms with Crippen molar-refractivity contribution < 1.29 is 22.7 Å². The molecule has 1 amide bonds. The molecule has 1 aromatic rings. The van der Waals surface area contributed by atoms with Gasteiger partial charge in [0, 0.05) is 25.2 Å². The minimum absolute atomic E-state index is 0.0747. The molecule has 1 heterocycles. The second kappa shape index (κ2) is 8.25. The Morgan fingerprint density at radius 3 is 2.62 bits per heavy atom. The average molecular weight is 354 g/mol. The molecule has 0 unspecified atom stereocenters. The summed E-state index contributed by atoms with van der Waals surface area (Å²) in [5.74, 6) is -0.805. The quantitative estimate of drug-likeness (QED) is 0.742. The van der Waals surface area contributed by atoms with Gasteiger partial charge in [-0.1, -0.05) is 6.07 Å². The summed E-state index contributed by atoms with van der Waals surface area (Å²) in [6, 6.07) is 5.95. The largest absolute Gasteiger partial charge is 0.466 e. The molecule has 0 saturated carbocycles. The molecule has 0 aliphatic carbocycles. The predicted octanol–water partition coefficient (Wildman–Crippen LogP) is 1.15. The lowest BCUT2D eigenvalue weighted by atomic mass is 10.2. The maximum atomic E-state index is 12.5. The van der Waals surface area contributed by atoms with Gasteiger partial charge in [0.2, 0.25) is 10.0 Å². The molecule has 0 radical (unpaired) electrons. The first-order chi connectivity index (χ1) is 11.4. The van der Waals surface area contributed by atoms with E-state index in [9.17, 15) is 18.0 Å². The zero-order valence-corrected chi connectivity index (χ0v) is 14.5. The van der Waals surface area contributed by atoms with Crippen LogP contribution in [0.25, 0.3) is 0 Å². The molecule has 2 rings (SSSR count). The normalized spacial score (nSPS) is 15.2. The van der Waals surface area contributed by atoms with Crippen LogP contribution >= 0.6 is 0 Å². The second-order valence-electron chi connectivity index (χ2n) is 5.45. The van der Waals surface area contributed by atoms with Gasteiger partial charge in [-0.15, -0.1) is 0 Å². The van der Waals surface area contributed by atoms with Crippen molar-refractivity contribution in [3.63, 3.8) is 0 Å². The number of carbonyl (C=O) groups is 2. The van der Waals surface area contributed by atoms with Gasteiger partial charge in [0.1, 0.15) is 0 Å². The Morgan fingerprint density at radius 2 is 1.96 bits per heavy atom. The molecule has 1 aliphatic rings. The zero-order chi connectivity index (χ0) is 17.6. The third-order valence-corrected chi connectivity index (χ3v) is 5.61. The molecule has 0 bridgehead atoms. The van der Waals surface area contributed by atoms with Gasteiger partial charge in [-0.05, 0) is 38.0 Å². The van der Waals surface area contributed by atoms with E-state index in [1.807, 2.05) is 0 Å². The molecule has 0 aromatic heterocycles. The molecule has 1 aromatic carbocycles. The summed E-state index contributed by atoms with van der Waals surface area (Å²) in [4.78, 5) is 23.5. The van der Waals surface area contributed by atoms with Crippen molar-refractivity contribution in [2.45, 2.75) is 31.1 Å². The summed E-state index contributed by atoms with van der Waals surface area (Å²) in [5.41, 5.74) is 0.249. The van der Waals surface area contributed by atoms with Gasteiger partial charge >= 0.3 is 5.97 Å². The molecular weight excluding hydrogens is 332 g/mol. The number of sulfonamides is 1. The Labute approximate surface area is 142 Å². The van der Waals surface area contributed by atoms with E-state index < -0.39 is 15.9 Å². The van der Waals surface area contributed by atoms with Crippen LogP contribution in [0.4, 0.5) is 0 Å². The van der Waals surface area contributed by atoms with Crippen LogP contribution in [0.5, 0.6) is 0 Å². The van der Waals surface area contributed by atoms with E-state index in [1.54, 1.807) is 19.1 Å². The van der Waals surface area contributed by atoms with Crippen molar-refractivity contribution in [2.24, 2.45) is 0 Å². The highest BCUT2D eigenvalue weighted by molar-refractivity contribution is 7.89. The smallest absolute Gasteiger partial charge is 0.307 e. The van der Waals surface area contributed by atoms with Crippen LogP contribution in [0.2, 0.25) is 0 Å². The van der Waals surface area contributed by atoms with Gasteiger partial charge in [-0.25, -0.2) is 8.42 Å². The Hall–Kier alpha value is -1.93. The molecule has 1 saturated heterocycles. The van der Waals surface area contributed by atoms with Crippen LogP contribution in [0.15, 0.2) is 29.2 Å². The minimum Gasteiger partial charge on any atom is -0.466 e. The summed E-state index contributed by atoms with van der Waals surface area (Å²) in [5, 5.41) is 2.59. The minimum atomic E-state index is -3.56. The number of nitrogens with zero attached hydrogens (tertiary/aromatic N) is 1. The molecule has 132 valence electrons. The van der Waals surface area contributed by atoms with Gasteiger partial charge in [-0.2, -0.15) is 4.31 Å². The maximum Gasteiger partial charge on any atom is 0.307 e. The van der Waals surface area contributed by atoms with Crippen molar-refractivity contribution in [1.82, 2.24) is 9.62 Å². The maximum absolute atomic E-state index is 12.5. The Morgan fingerprint density at radius 1 is 1.25 bits per heavy atom. The fraction of sp³-hybridized carbons (Fsp3) is 0.500. The first kappa shape index (κ1) is 18.4. The average Bonchev–Trinajstić information content (AvgIpc) is 3.10. The van der Waals surface area contributed by atoms with E-state index in [4.69, 9.17) is 4.74 Å². The number of ether oxygens (including phenoxy) is 1. The van der Waals surface area contributed by atoms with Crippen molar-refractivity contribution in [3.8, 4) is 0 Å². The highest BCUT2D eigenvalue weighted by Crippen LogP contribution is 2.21. The second-order valence-corrected chi connectivity index (χ2v) is 7.39. The van der Waals surface area contributed by atoms with Crippen molar-refractivity contribution in [2.75, 3.05) is 26.2 Å². The number of rotatable bonds is 7. The number of carbonyl (C=O) groups excluding carboxylic acids is 2. The Bertz CT molecular complexity index is 696. The SMILES string of the molecule is CCOC(=O)CCNC(=O)c1cccc(S(=O)(=O)N2CCCC2)c1. The number of nitrogens with one attached hydrogen (secondary N) is 1. The molecule has 7 nitrogen and oxygen atoms in total. The number of benzene rings is 1. The molecule has 1 N–H and O–H groups in total. The van der Waals surface area contributed by atoms with Crippen LogP contribution < -0.4 is 5.32 Å². The lowest BCUT2D eigenvalue weighted by molar-refractivity contribution is -0.142. The standard InChI is InChI=1S/C16H22N2O5S/c1-2-23-15(19)8-9-17-16(20)13-6-5-7-14(12-13)24(21,22)18-10-3-4-11-18/h5-7,12H,2-4,8-11H2,1H3,(H,17,20). The molecule has 1 aliphatic heterocycles. The number of hydrogen-bond donors (Lipinski definition) is 1. The van der Waals surface area contributed by atoms with E-state index in [-0.39, 0.29) is 29.4 Å². The summed E-state index contributed by atoms with van der Waals surface area (Å²) in [6.07, 6.45) is 1.78. The van der Waals surface area contributed by atoms with Crippen LogP contribution in [0, 0.1) is 0 Å². The van der Waals surface area contributed by atoms with Crippen molar-refractivity contribution in [3.05, 3.63) is 29.8 Å². The van der Waals surface area contributed by atoms with Crippen LogP contribution in [-0.4, -0.2) is 50.8 Å². The summed E-state index contributed by atoms with van der Waals surface area (Å²) < 4.78 is 31.2. The van der Waals surface area contributed by atoms with Gasteiger partial charge in [0.15, 0.2) is 0 Å². The topological polar surface area (TPSA) is 92.8 Å². The van der Waals surface area contributed by atoms with Gasteiger partial charge < -0.3 is 10.1 Å². The first-order valence-corrected chi connectivity index (χ1v) is 9.43. The fourth-order valence-electron chi connectivity index (χ4n) is 2.49. The third-order valence-electron chi connectivity index (χ3n) is 3.72. The lowest BCUT2D eigenvalue weighted by Crippen LogP contribution is -2.29.